The second kappa shape index (κ2) is 5.12. The van der Waals surface area contributed by atoms with Gasteiger partial charge in [-0.2, -0.15) is 8.78 Å². The Labute approximate surface area is 97.3 Å². The molecule has 1 aliphatic carbocycles. The van der Waals surface area contributed by atoms with E-state index in [-0.39, 0.29) is 5.75 Å². The number of rotatable bonds is 6. The molecule has 0 spiro atoms. The van der Waals surface area contributed by atoms with Crippen molar-refractivity contribution in [1.82, 2.24) is 0 Å². The van der Waals surface area contributed by atoms with Gasteiger partial charge in [-0.1, -0.05) is 0 Å². The fourth-order valence-corrected chi connectivity index (χ4v) is 1.41. The van der Waals surface area contributed by atoms with Gasteiger partial charge in [-0.05, 0) is 30.9 Å². The molecule has 17 heavy (non-hydrogen) atoms. The van der Waals surface area contributed by atoms with Gasteiger partial charge in [0.05, 0.1) is 12.2 Å². The van der Waals surface area contributed by atoms with Crippen LogP contribution in [0.3, 0.4) is 0 Å². The van der Waals surface area contributed by atoms with Gasteiger partial charge >= 0.3 is 6.61 Å². The van der Waals surface area contributed by atoms with Crippen molar-refractivity contribution in [2.45, 2.75) is 19.5 Å². The molecule has 1 aromatic rings. The molecular weight excluding hydrogens is 230 g/mol. The lowest BCUT2D eigenvalue weighted by atomic mass is 10.2. The number of aldehydes is 1. The molecule has 2 rings (SSSR count). The number of hydrogen-bond donors (Lipinski definition) is 0. The maximum absolute atomic E-state index is 12.0. The van der Waals surface area contributed by atoms with Crippen LogP contribution in [-0.4, -0.2) is 19.5 Å². The molecule has 1 aliphatic rings. The van der Waals surface area contributed by atoms with Gasteiger partial charge in [-0.25, -0.2) is 0 Å². The third-order valence-electron chi connectivity index (χ3n) is 2.51. The van der Waals surface area contributed by atoms with Gasteiger partial charge in [0.2, 0.25) is 0 Å². The highest BCUT2D eigenvalue weighted by Crippen LogP contribution is 2.31. The van der Waals surface area contributed by atoms with E-state index in [1.807, 2.05) is 0 Å². The van der Waals surface area contributed by atoms with Crippen molar-refractivity contribution in [1.29, 1.82) is 0 Å². The van der Waals surface area contributed by atoms with Gasteiger partial charge in [0.15, 0.2) is 6.29 Å². The molecule has 3 nitrogen and oxygen atoms in total. The molecule has 0 N–H and O–H groups in total. The van der Waals surface area contributed by atoms with Crippen molar-refractivity contribution >= 4 is 6.29 Å². The van der Waals surface area contributed by atoms with E-state index in [0.717, 1.165) is 12.8 Å². The molecule has 0 unspecified atom stereocenters. The van der Waals surface area contributed by atoms with Crippen LogP contribution in [0.25, 0.3) is 0 Å². The summed E-state index contributed by atoms with van der Waals surface area (Å²) in [4.78, 5) is 10.8. The average molecular weight is 242 g/mol. The summed E-state index contributed by atoms with van der Waals surface area (Å²) < 4.78 is 33.7. The Bertz CT molecular complexity index is 403. The highest BCUT2D eigenvalue weighted by atomic mass is 19.3. The van der Waals surface area contributed by atoms with Crippen LogP contribution in [0.15, 0.2) is 18.2 Å². The van der Waals surface area contributed by atoms with Crippen molar-refractivity contribution < 1.29 is 23.0 Å². The van der Waals surface area contributed by atoms with Crippen LogP contribution in [0, 0.1) is 5.92 Å². The number of halogens is 2. The lowest BCUT2D eigenvalue weighted by Crippen LogP contribution is -2.05. The molecule has 0 bridgehead atoms. The standard InChI is InChI=1S/C12H12F2O3/c13-12(14)17-10-4-3-9(6-15)11(5-10)16-7-8-1-2-8/h3-6,8,12H,1-2,7H2. The number of alkyl halides is 2. The fraction of sp³-hybridized carbons (Fsp3) is 0.417. The first-order valence-electron chi connectivity index (χ1n) is 5.36. The Hall–Kier alpha value is -1.65. The number of benzene rings is 1. The number of carbonyl (C=O) groups excluding carboxylic acids is 1. The van der Waals surface area contributed by atoms with Crippen LogP contribution in [0.4, 0.5) is 8.78 Å². The summed E-state index contributed by atoms with van der Waals surface area (Å²) in [7, 11) is 0. The smallest absolute Gasteiger partial charge is 0.387 e. The van der Waals surface area contributed by atoms with E-state index < -0.39 is 6.61 Å². The predicted octanol–water partition coefficient (Wildman–Crippen LogP) is 2.89. The molecule has 0 amide bonds. The van der Waals surface area contributed by atoms with Crippen molar-refractivity contribution in [2.24, 2.45) is 5.92 Å². The molecule has 0 saturated heterocycles. The minimum atomic E-state index is -2.88. The normalized spacial score (nSPS) is 14.8. The molecule has 0 atom stereocenters. The molecule has 0 heterocycles. The summed E-state index contributed by atoms with van der Waals surface area (Å²) in [5.74, 6) is 0.815. The van der Waals surface area contributed by atoms with Crippen molar-refractivity contribution in [2.75, 3.05) is 6.61 Å². The summed E-state index contributed by atoms with van der Waals surface area (Å²) in [6, 6.07) is 4.05. The minimum Gasteiger partial charge on any atom is -0.492 e. The lowest BCUT2D eigenvalue weighted by molar-refractivity contribution is -0.0499. The first kappa shape index (κ1) is 11.8. The van der Waals surface area contributed by atoms with Gasteiger partial charge in [-0.3, -0.25) is 4.79 Å². The Morgan fingerprint density at radius 2 is 2.18 bits per heavy atom. The van der Waals surface area contributed by atoms with E-state index in [4.69, 9.17) is 4.74 Å². The van der Waals surface area contributed by atoms with Crippen LogP contribution >= 0.6 is 0 Å². The van der Waals surface area contributed by atoms with Crippen LogP contribution in [0.1, 0.15) is 23.2 Å². The Balaban J connectivity index is 2.09. The SMILES string of the molecule is O=Cc1ccc(OC(F)F)cc1OCC1CC1. The highest BCUT2D eigenvalue weighted by Gasteiger charge is 2.22. The van der Waals surface area contributed by atoms with Crippen LogP contribution < -0.4 is 9.47 Å². The molecule has 0 aromatic heterocycles. The third-order valence-corrected chi connectivity index (χ3v) is 2.51. The molecule has 5 heteroatoms. The zero-order chi connectivity index (χ0) is 12.3. The molecular formula is C12H12F2O3. The zero-order valence-electron chi connectivity index (χ0n) is 9.07. The number of carbonyl (C=O) groups is 1. The van der Waals surface area contributed by atoms with E-state index in [2.05, 4.69) is 4.74 Å². The Kier molecular flexibility index (Phi) is 3.56. The van der Waals surface area contributed by atoms with Gasteiger partial charge in [0.1, 0.15) is 11.5 Å². The second-order valence-corrected chi connectivity index (χ2v) is 3.95. The average Bonchev–Trinajstić information content (AvgIpc) is 3.09. The monoisotopic (exact) mass is 242 g/mol. The van der Waals surface area contributed by atoms with Gasteiger partial charge in [0.25, 0.3) is 0 Å². The third kappa shape index (κ3) is 3.41. The van der Waals surface area contributed by atoms with Crippen molar-refractivity contribution in [3.8, 4) is 11.5 Å². The maximum Gasteiger partial charge on any atom is 0.387 e. The first-order valence-corrected chi connectivity index (χ1v) is 5.36. The predicted molar refractivity (Wildman–Crippen MR) is 56.7 cm³/mol. The number of ether oxygens (including phenoxy) is 2. The van der Waals surface area contributed by atoms with Crippen LogP contribution in [-0.2, 0) is 0 Å². The second-order valence-electron chi connectivity index (χ2n) is 3.95. The minimum absolute atomic E-state index is 0.00334. The van der Waals surface area contributed by atoms with E-state index in [1.54, 1.807) is 0 Å². The summed E-state index contributed by atoms with van der Waals surface area (Å²) in [5.41, 5.74) is 0.340. The van der Waals surface area contributed by atoms with E-state index in [9.17, 15) is 13.6 Å². The van der Waals surface area contributed by atoms with Gasteiger partial charge < -0.3 is 9.47 Å². The molecule has 92 valence electrons. The molecule has 1 aromatic carbocycles. The zero-order valence-corrected chi connectivity index (χ0v) is 9.07. The Morgan fingerprint density at radius 1 is 1.41 bits per heavy atom. The van der Waals surface area contributed by atoms with Crippen molar-refractivity contribution in [3.63, 3.8) is 0 Å². The van der Waals surface area contributed by atoms with E-state index >= 15 is 0 Å². The Morgan fingerprint density at radius 3 is 2.76 bits per heavy atom. The summed E-state index contributed by atoms with van der Waals surface area (Å²) in [6.45, 7) is -2.37. The molecule has 1 fully saturated rings. The first-order chi connectivity index (χ1) is 8.19. The lowest BCUT2D eigenvalue weighted by Gasteiger charge is -2.10. The number of hydrogen-bond acceptors (Lipinski definition) is 3. The fourth-order valence-electron chi connectivity index (χ4n) is 1.41. The quantitative estimate of drug-likeness (QED) is 0.719. The van der Waals surface area contributed by atoms with Crippen LogP contribution in [0.2, 0.25) is 0 Å². The highest BCUT2D eigenvalue weighted by molar-refractivity contribution is 5.79. The largest absolute Gasteiger partial charge is 0.492 e. The maximum atomic E-state index is 12.0. The molecule has 0 aliphatic heterocycles. The summed E-state index contributed by atoms with van der Waals surface area (Å²) in [6.07, 6.45) is 2.86. The topological polar surface area (TPSA) is 35.5 Å². The van der Waals surface area contributed by atoms with Gasteiger partial charge in [-0.15, -0.1) is 0 Å². The molecule has 0 radical (unpaired) electrons. The van der Waals surface area contributed by atoms with E-state index in [1.165, 1.54) is 18.2 Å². The summed E-state index contributed by atoms with van der Waals surface area (Å²) in [5, 5.41) is 0. The van der Waals surface area contributed by atoms with Crippen molar-refractivity contribution in [3.05, 3.63) is 23.8 Å². The summed E-state index contributed by atoms with van der Waals surface area (Å²) >= 11 is 0. The van der Waals surface area contributed by atoms with E-state index in [0.29, 0.717) is 30.1 Å². The van der Waals surface area contributed by atoms with Crippen LogP contribution in [0.5, 0.6) is 11.5 Å². The van der Waals surface area contributed by atoms with Gasteiger partial charge in [0, 0.05) is 6.07 Å². The molecule has 1 saturated carbocycles.